The molecule has 0 unspecified atom stereocenters. The number of aromatic amines is 1. The summed E-state index contributed by atoms with van der Waals surface area (Å²) in [6, 6.07) is 7.12. The topological polar surface area (TPSA) is 74.8 Å². The van der Waals surface area contributed by atoms with Gasteiger partial charge in [0, 0.05) is 25.2 Å². The first-order valence-electron chi connectivity index (χ1n) is 4.74. The summed E-state index contributed by atoms with van der Waals surface area (Å²) in [6.07, 6.45) is 0. The first-order chi connectivity index (χ1) is 7.68. The first-order valence-corrected chi connectivity index (χ1v) is 4.74. The highest BCUT2D eigenvalue weighted by atomic mass is 16.2. The van der Waals surface area contributed by atoms with E-state index in [9.17, 15) is 4.79 Å². The van der Waals surface area contributed by atoms with Crippen molar-refractivity contribution in [2.24, 2.45) is 0 Å². The molecule has 1 aromatic carbocycles. The summed E-state index contributed by atoms with van der Waals surface area (Å²) in [5.41, 5.74) is 1.37. The third kappa shape index (κ3) is 1.90. The number of nitrogens with one attached hydrogen (secondary N) is 1. The second-order valence-electron chi connectivity index (χ2n) is 3.52. The van der Waals surface area contributed by atoms with Gasteiger partial charge in [-0.15, -0.1) is 10.2 Å². The van der Waals surface area contributed by atoms with E-state index >= 15 is 0 Å². The first kappa shape index (κ1) is 10.3. The highest BCUT2D eigenvalue weighted by Crippen LogP contribution is 2.15. The van der Waals surface area contributed by atoms with Crippen molar-refractivity contribution in [3.8, 4) is 11.4 Å². The Morgan fingerprint density at radius 3 is 2.81 bits per heavy atom. The van der Waals surface area contributed by atoms with Crippen LogP contribution in [0, 0.1) is 0 Å². The molecule has 2 aromatic rings. The molecule has 0 atom stereocenters. The Hall–Kier alpha value is -2.24. The average molecular weight is 217 g/mol. The van der Waals surface area contributed by atoms with Gasteiger partial charge in [0.25, 0.3) is 5.91 Å². The Morgan fingerprint density at radius 2 is 2.19 bits per heavy atom. The van der Waals surface area contributed by atoms with Crippen molar-refractivity contribution in [2.75, 3.05) is 14.1 Å². The summed E-state index contributed by atoms with van der Waals surface area (Å²) >= 11 is 0. The van der Waals surface area contributed by atoms with Crippen LogP contribution >= 0.6 is 0 Å². The van der Waals surface area contributed by atoms with Gasteiger partial charge in [0.15, 0.2) is 0 Å². The van der Waals surface area contributed by atoms with Gasteiger partial charge >= 0.3 is 0 Å². The van der Waals surface area contributed by atoms with E-state index in [1.807, 2.05) is 6.07 Å². The molecule has 1 N–H and O–H groups in total. The van der Waals surface area contributed by atoms with Gasteiger partial charge in [0.05, 0.1) is 0 Å². The number of rotatable bonds is 2. The molecule has 0 aliphatic carbocycles. The largest absolute Gasteiger partial charge is 0.345 e. The number of carbonyl (C=O) groups excluding carboxylic acids is 1. The molecule has 6 heteroatoms. The van der Waals surface area contributed by atoms with E-state index in [-0.39, 0.29) is 5.91 Å². The van der Waals surface area contributed by atoms with Crippen molar-refractivity contribution in [2.45, 2.75) is 0 Å². The zero-order chi connectivity index (χ0) is 11.5. The standard InChI is InChI=1S/C10H11N5O/c1-15(2)10(16)8-5-3-4-7(6-8)9-11-13-14-12-9/h3-6H,1-2H3,(H,11,12,13,14). The minimum absolute atomic E-state index is 0.0506. The summed E-state index contributed by atoms with van der Waals surface area (Å²) in [4.78, 5) is 13.3. The Balaban J connectivity index is 2.37. The molecule has 0 bridgehead atoms. The van der Waals surface area contributed by atoms with Gasteiger partial charge in [-0.2, -0.15) is 5.21 Å². The minimum atomic E-state index is -0.0506. The lowest BCUT2D eigenvalue weighted by molar-refractivity contribution is 0.0827. The molecular weight excluding hydrogens is 206 g/mol. The van der Waals surface area contributed by atoms with E-state index in [1.54, 1.807) is 32.3 Å². The van der Waals surface area contributed by atoms with Crippen LogP contribution < -0.4 is 0 Å². The van der Waals surface area contributed by atoms with Gasteiger partial charge in [-0.3, -0.25) is 4.79 Å². The van der Waals surface area contributed by atoms with E-state index in [4.69, 9.17) is 0 Å². The van der Waals surface area contributed by atoms with Crippen molar-refractivity contribution in [3.63, 3.8) is 0 Å². The molecule has 0 fully saturated rings. The molecule has 1 aromatic heterocycles. The SMILES string of the molecule is CN(C)C(=O)c1cccc(-c2nn[nH]n2)c1. The zero-order valence-corrected chi connectivity index (χ0v) is 9.01. The Morgan fingerprint density at radius 1 is 1.38 bits per heavy atom. The van der Waals surface area contributed by atoms with Crippen LogP contribution in [-0.2, 0) is 0 Å². The van der Waals surface area contributed by atoms with Crippen LogP contribution in [0.3, 0.4) is 0 Å². The molecule has 2 rings (SSSR count). The molecule has 6 nitrogen and oxygen atoms in total. The monoisotopic (exact) mass is 217 g/mol. The van der Waals surface area contributed by atoms with E-state index in [2.05, 4.69) is 20.6 Å². The lowest BCUT2D eigenvalue weighted by Crippen LogP contribution is -2.21. The van der Waals surface area contributed by atoms with Crippen LogP contribution in [0.25, 0.3) is 11.4 Å². The number of benzene rings is 1. The fourth-order valence-corrected chi connectivity index (χ4v) is 1.33. The quantitative estimate of drug-likeness (QED) is 0.797. The summed E-state index contributed by atoms with van der Waals surface area (Å²) in [6.45, 7) is 0. The number of H-pyrrole nitrogens is 1. The Labute approximate surface area is 92.3 Å². The molecule has 0 spiro atoms. The van der Waals surface area contributed by atoms with Gasteiger partial charge in [-0.25, -0.2) is 0 Å². The summed E-state index contributed by atoms with van der Waals surface area (Å²) < 4.78 is 0. The number of hydrogen-bond acceptors (Lipinski definition) is 4. The second-order valence-corrected chi connectivity index (χ2v) is 3.52. The maximum atomic E-state index is 11.7. The van der Waals surface area contributed by atoms with Crippen LogP contribution in [0.1, 0.15) is 10.4 Å². The number of aromatic nitrogens is 4. The average Bonchev–Trinajstić information content (AvgIpc) is 2.81. The van der Waals surface area contributed by atoms with E-state index in [0.717, 1.165) is 5.56 Å². The third-order valence-electron chi connectivity index (χ3n) is 2.12. The van der Waals surface area contributed by atoms with E-state index < -0.39 is 0 Å². The van der Waals surface area contributed by atoms with Gasteiger partial charge in [0.1, 0.15) is 0 Å². The summed E-state index contributed by atoms with van der Waals surface area (Å²) in [5.74, 6) is 0.429. The predicted octanol–water partition coefficient (Wildman–Crippen LogP) is 0.569. The normalized spacial score (nSPS) is 10.1. The van der Waals surface area contributed by atoms with Crippen molar-refractivity contribution < 1.29 is 4.79 Å². The molecule has 1 amide bonds. The number of amides is 1. The number of nitrogens with zero attached hydrogens (tertiary/aromatic N) is 4. The van der Waals surface area contributed by atoms with Crippen molar-refractivity contribution in [1.29, 1.82) is 0 Å². The van der Waals surface area contributed by atoms with Crippen molar-refractivity contribution >= 4 is 5.91 Å². The second kappa shape index (κ2) is 4.09. The highest BCUT2D eigenvalue weighted by molar-refractivity contribution is 5.94. The molecule has 0 saturated carbocycles. The Kier molecular flexibility index (Phi) is 2.63. The summed E-state index contributed by atoms with van der Waals surface area (Å²) in [7, 11) is 3.42. The maximum absolute atomic E-state index is 11.7. The Bertz CT molecular complexity index is 492. The molecule has 0 radical (unpaired) electrons. The molecule has 16 heavy (non-hydrogen) atoms. The van der Waals surface area contributed by atoms with Crippen LogP contribution in [0.2, 0.25) is 0 Å². The summed E-state index contributed by atoms with van der Waals surface area (Å²) in [5, 5.41) is 13.6. The van der Waals surface area contributed by atoms with Gasteiger partial charge in [-0.1, -0.05) is 12.1 Å². The number of carbonyl (C=O) groups is 1. The smallest absolute Gasteiger partial charge is 0.253 e. The van der Waals surface area contributed by atoms with Gasteiger partial charge < -0.3 is 4.90 Å². The van der Waals surface area contributed by atoms with E-state index in [0.29, 0.717) is 11.4 Å². The van der Waals surface area contributed by atoms with Crippen LogP contribution in [0.15, 0.2) is 24.3 Å². The minimum Gasteiger partial charge on any atom is -0.345 e. The molecule has 1 heterocycles. The fourth-order valence-electron chi connectivity index (χ4n) is 1.33. The van der Waals surface area contributed by atoms with Crippen LogP contribution in [0.4, 0.5) is 0 Å². The number of tetrazole rings is 1. The molecule has 0 aliphatic rings. The predicted molar refractivity (Wildman–Crippen MR) is 57.6 cm³/mol. The van der Waals surface area contributed by atoms with Crippen LogP contribution in [-0.4, -0.2) is 45.5 Å². The van der Waals surface area contributed by atoms with Crippen molar-refractivity contribution in [1.82, 2.24) is 25.5 Å². The zero-order valence-electron chi connectivity index (χ0n) is 9.01. The van der Waals surface area contributed by atoms with E-state index in [1.165, 1.54) is 4.90 Å². The van der Waals surface area contributed by atoms with Gasteiger partial charge in [0.2, 0.25) is 5.82 Å². The molecule has 0 saturated heterocycles. The van der Waals surface area contributed by atoms with Gasteiger partial charge in [-0.05, 0) is 17.3 Å². The highest BCUT2D eigenvalue weighted by Gasteiger charge is 2.10. The third-order valence-corrected chi connectivity index (χ3v) is 2.12. The maximum Gasteiger partial charge on any atom is 0.253 e. The molecule has 82 valence electrons. The molecular formula is C10H11N5O. The fraction of sp³-hybridized carbons (Fsp3) is 0.200. The molecule has 0 aliphatic heterocycles. The lowest BCUT2D eigenvalue weighted by atomic mass is 10.1. The van der Waals surface area contributed by atoms with Crippen LogP contribution in [0.5, 0.6) is 0 Å². The van der Waals surface area contributed by atoms with Crippen molar-refractivity contribution in [3.05, 3.63) is 29.8 Å². The number of hydrogen-bond donors (Lipinski definition) is 1. The lowest BCUT2D eigenvalue weighted by Gasteiger charge is -2.10.